The standard InChI is InChI=1S/C33H38O2/c1-3-7-26-18-22-32(23-19-26)35-33(34)31-20-16-28(17-21-31)11-10-27-12-14-29(15-13-27)24-25(2)30-8-5-4-6-9-30/h4-6,8-17,20-21,25-26,32H,3,7,18-19,22-24H2,1-2H3/t25-,26?,32?/m1/s1. The summed E-state index contributed by atoms with van der Waals surface area (Å²) in [6, 6.07) is 27.2. The molecule has 3 aromatic rings. The Morgan fingerprint density at radius 1 is 0.857 bits per heavy atom. The third-order valence-electron chi connectivity index (χ3n) is 7.27. The van der Waals surface area contributed by atoms with Crippen LogP contribution in [0.15, 0.2) is 78.9 Å². The molecule has 1 saturated carbocycles. The zero-order valence-corrected chi connectivity index (χ0v) is 21.2. The van der Waals surface area contributed by atoms with E-state index in [4.69, 9.17) is 4.74 Å². The van der Waals surface area contributed by atoms with Crippen molar-refractivity contribution in [2.75, 3.05) is 0 Å². The first kappa shape index (κ1) is 25.0. The number of hydrogen-bond donors (Lipinski definition) is 0. The van der Waals surface area contributed by atoms with Crippen molar-refractivity contribution in [3.8, 4) is 0 Å². The molecule has 1 fully saturated rings. The van der Waals surface area contributed by atoms with Gasteiger partial charge in [-0.2, -0.15) is 0 Å². The number of hydrogen-bond acceptors (Lipinski definition) is 2. The Bertz CT molecular complexity index is 1070. The molecule has 0 N–H and O–H groups in total. The molecule has 0 radical (unpaired) electrons. The molecule has 1 atom stereocenters. The third-order valence-corrected chi connectivity index (χ3v) is 7.27. The number of ether oxygens (including phenoxy) is 1. The van der Waals surface area contributed by atoms with Gasteiger partial charge in [-0.15, -0.1) is 0 Å². The van der Waals surface area contributed by atoms with E-state index in [2.05, 4.69) is 80.6 Å². The SMILES string of the molecule is CCCC1CCC(OC(=O)c2ccc(C=Cc3ccc(C[C@@H](C)c4ccccc4)cc3)cc2)CC1. The smallest absolute Gasteiger partial charge is 0.338 e. The molecule has 0 unspecified atom stereocenters. The molecule has 0 bridgehead atoms. The van der Waals surface area contributed by atoms with E-state index in [1.165, 1.54) is 42.4 Å². The van der Waals surface area contributed by atoms with E-state index in [0.29, 0.717) is 11.5 Å². The van der Waals surface area contributed by atoms with Crippen LogP contribution in [0.3, 0.4) is 0 Å². The van der Waals surface area contributed by atoms with Crippen LogP contribution in [0.5, 0.6) is 0 Å². The predicted molar refractivity (Wildman–Crippen MR) is 146 cm³/mol. The Balaban J connectivity index is 1.27. The second-order valence-corrected chi connectivity index (χ2v) is 10.0. The summed E-state index contributed by atoms with van der Waals surface area (Å²) in [6.07, 6.45) is 12.2. The van der Waals surface area contributed by atoms with Gasteiger partial charge in [0.2, 0.25) is 0 Å². The van der Waals surface area contributed by atoms with E-state index >= 15 is 0 Å². The fraction of sp³-hybridized carbons (Fsp3) is 0.364. The van der Waals surface area contributed by atoms with E-state index in [9.17, 15) is 4.79 Å². The Morgan fingerprint density at radius 2 is 1.46 bits per heavy atom. The van der Waals surface area contributed by atoms with Crippen LogP contribution in [0, 0.1) is 5.92 Å². The van der Waals surface area contributed by atoms with E-state index in [0.717, 1.165) is 30.7 Å². The van der Waals surface area contributed by atoms with Gasteiger partial charge in [0.25, 0.3) is 0 Å². The predicted octanol–water partition coefficient (Wildman–Crippen LogP) is 8.72. The van der Waals surface area contributed by atoms with Crippen molar-refractivity contribution in [1.29, 1.82) is 0 Å². The second kappa shape index (κ2) is 12.5. The van der Waals surface area contributed by atoms with E-state index < -0.39 is 0 Å². The lowest BCUT2D eigenvalue weighted by atomic mass is 9.85. The van der Waals surface area contributed by atoms with Gasteiger partial charge in [0.1, 0.15) is 6.10 Å². The van der Waals surface area contributed by atoms with Crippen molar-refractivity contribution in [3.63, 3.8) is 0 Å². The minimum absolute atomic E-state index is 0.0776. The zero-order chi connectivity index (χ0) is 24.5. The molecule has 35 heavy (non-hydrogen) atoms. The molecule has 4 rings (SSSR count). The van der Waals surface area contributed by atoms with Gasteiger partial charge in [-0.3, -0.25) is 0 Å². The first-order chi connectivity index (χ1) is 17.1. The molecule has 0 amide bonds. The lowest BCUT2D eigenvalue weighted by Crippen LogP contribution is -2.24. The molecule has 2 nitrogen and oxygen atoms in total. The lowest BCUT2D eigenvalue weighted by molar-refractivity contribution is 0.0161. The number of rotatable bonds is 9. The molecule has 2 heteroatoms. The first-order valence-electron chi connectivity index (χ1n) is 13.2. The summed E-state index contributed by atoms with van der Waals surface area (Å²) < 4.78 is 5.78. The van der Waals surface area contributed by atoms with Gasteiger partial charge in [0.05, 0.1) is 5.56 Å². The average molecular weight is 467 g/mol. The molecule has 1 aliphatic carbocycles. The summed E-state index contributed by atoms with van der Waals surface area (Å²) in [4.78, 5) is 12.6. The molecular weight excluding hydrogens is 428 g/mol. The van der Waals surface area contributed by atoms with Gasteiger partial charge >= 0.3 is 5.97 Å². The molecule has 0 aliphatic heterocycles. The van der Waals surface area contributed by atoms with Crippen molar-refractivity contribution in [2.24, 2.45) is 5.92 Å². The van der Waals surface area contributed by atoms with Gasteiger partial charge in [0.15, 0.2) is 0 Å². The van der Waals surface area contributed by atoms with Crippen molar-refractivity contribution in [3.05, 3.63) is 107 Å². The zero-order valence-electron chi connectivity index (χ0n) is 21.2. The number of carbonyl (C=O) groups excluding carboxylic acids is 1. The third kappa shape index (κ3) is 7.42. The van der Waals surface area contributed by atoms with Gasteiger partial charge in [-0.05, 0) is 78.3 Å². The van der Waals surface area contributed by atoms with Gasteiger partial charge in [0, 0.05) is 0 Å². The average Bonchev–Trinajstić information content (AvgIpc) is 2.90. The van der Waals surface area contributed by atoms with Crippen molar-refractivity contribution in [1.82, 2.24) is 0 Å². The molecule has 0 aromatic heterocycles. The second-order valence-electron chi connectivity index (χ2n) is 10.0. The summed E-state index contributed by atoms with van der Waals surface area (Å²) in [5.41, 5.74) is 5.60. The Labute approximate surface area is 211 Å². The number of carbonyl (C=O) groups is 1. The number of benzene rings is 3. The monoisotopic (exact) mass is 466 g/mol. The van der Waals surface area contributed by atoms with Crippen LogP contribution in [-0.2, 0) is 11.2 Å². The fourth-order valence-corrected chi connectivity index (χ4v) is 5.11. The topological polar surface area (TPSA) is 26.3 Å². The molecule has 0 saturated heterocycles. The highest BCUT2D eigenvalue weighted by Gasteiger charge is 2.23. The van der Waals surface area contributed by atoms with Gasteiger partial charge < -0.3 is 4.74 Å². The summed E-state index contributed by atoms with van der Waals surface area (Å²) in [7, 11) is 0. The molecule has 0 spiro atoms. The van der Waals surface area contributed by atoms with Crippen molar-refractivity contribution >= 4 is 18.1 Å². The fourth-order valence-electron chi connectivity index (χ4n) is 5.11. The summed E-state index contributed by atoms with van der Waals surface area (Å²) in [6.45, 7) is 4.52. The Kier molecular flexibility index (Phi) is 8.95. The van der Waals surface area contributed by atoms with Crippen LogP contribution in [0.2, 0.25) is 0 Å². The van der Waals surface area contributed by atoms with Crippen LogP contribution in [-0.4, -0.2) is 12.1 Å². The quantitative estimate of drug-likeness (QED) is 0.233. The maximum Gasteiger partial charge on any atom is 0.338 e. The first-order valence-corrected chi connectivity index (χ1v) is 13.2. The highest BCUT2D eigenvalue weighted by atomic mass is 16.5. The van der Waals surface area contributed by atoms with Crippen LogP contribution < -0.4 is 0 Å². The molecule has 3 aromatic carbocycles. The lowest BCUT2D eigenvalue weighted by Gasteiger charge is -2.28. The highest BCUT2D eigenvalue weighted by molar-refractivity contribution is 5.90. The number of esters is 1. The minimum Gasteiger partial charge on any atom is -0.459 e. The van der Waals surface area contributed by atoms with Crippen LogP contribution in [0.1, 0.15) is 90.9 Å². The summed E-state index contributed by atoms with van der Waals surface area (Å²) in [5, 5.41) is 0. The summed E-state index contributed by atoms with van der Waals surface area (Å²) >= 11 is 0. The Morgan fingerprint density at radius 3 is 2.06 bits per heavy atom. The Hall–Kier alpha value is -3.13. The maximum atomic E-state index is 12.6. The van der Waals surface area contributed by atoms with Gasteiger partial charge in [-0.1, -0.05) is 106 Å². The van der Waals surface area contributed by atoms with Crippen LogP contribution in [0.25, 0.3) is 12.2 Å². The van der Waals surface area contributed by atoms with E-state index in [1.54, 1.807) is 0 Å². The van der Waals surface area contributed by atoms with Crippen LogP contribution in [0.4, 0.5) is 0 Å². The summed E-state index contributed by atoms with van der Waals surface area (Å²) in [5.74, 6) is 1.12. The molecule has 1 aliphatic rings. The molecular formula is C33H38O2. The van der Waals surface area contributed by atoms with Crippen molar-refractivity contribution in [2.45, 2.75) is 70.8 Å². The highest BCUT2D eigenvalue weighted by Crippen LogP contribution is 2.30. The van der Waals surface area contributed by atoms with E-state index in [-0.39, 0.29) is 12.1 Å². The maximum absolute atomic E-state index is 12.6. The molecule has 182 valence electrons. The van der Waals surface area contributed by atoms with Crippen molar-refractivity contribution < 1.29 is 9.53 Å². The van der Waals surface area contributed by atoms with E-state index in [1.807, 2.05) is 24.3 Å². The minimum atomic E-state index is -0.195. The normalized spacial score (nSPS) is 18.9. The van der Waals surface area contributed by atoms with Gasteiger partial charge in [-0.25, -0.2) is 4.79 Å². The largest absolute Gasteiger partial charge is 0.459 e. The van der Waals surface area contributed by atoms with Crippen LogP contribution >= 0.6 is 0 Å². The molecule has 0 heterocycles.